The van der Waals surface area contributed by atoms with Crippen LogP contribution in [0.5, 0.6) is 0 Å². The summed E-state index contributed by atoms with van der Waals surface area (Å²) in [5, 5.41) is 10.9. The van der Waals surface area contributed by atoms with Gasteiger partial charge in [0, 0.05) is 0 Å². The topological polar surface area (TPSA) is 20.2 Å². The molecule has 1 aromatic rings. The van der Waals surface area contributed by atoms with Crippen LogP contribution in [-0.4, -0.2) is 5.11 Å². The third kappa shape index (κ3) is 2.47. The minimum atomic E-state index is -0.583. The molecule has 0 amide bonds. The summed E-state index contributed by atoms with van der Waals surface area (Å²) < 4.78 is 0. The summed E-state index contributed by atoms with van der Waals surface area (Å²) in [4.78, 5) is 0. The summed E-state index contributed by atoms with van der Waals surface area (Å²) >= 11 is 0. The SMILES string of the molecule is CCC1(CC)CCC(O)(c2cccc(C)c2)CC1. The molecule has 1 N–H and O–H groups in total. The molecule has 0 aromatic heterocycles. The third-order valence-corrected chi connectivity index (χ3v) is 5.19. The summed E-state index contributed by atoms with van der Waals surface area (Å²) in [5.74, 6) is 0. The lowest BCUT2D eigenvalue weighted by molar-refractivity contribution is -0.0414. The number of aryl methyl sites for hydroxylation is 1. The highest BCUT2D eigenvalue weighted by Gasteiger charge is 2.40. The Kier molecular flexibility index (Phi) is 3.82. The second kappa shape index (κ2) is 5.05. The van der Waals surface area contributed by atoms with Crippen LogP contribution in [-0.2, 0) is 5.60 Å². The van der Waals surface area contributed by atoms with Gasteiger partial charge in [-0.3, -0.25) is 0 Å². The average molecular weight is 246 g/mol. The molecule has 1 nitrogen and oxygen atoms in total. The molecule has 0 aliphatic heterocycles. The van der Waals surface area contributed by atoms with Crippen molar-refractivity contribution in [2.45, 2.75) is 64.9 Å². The number of hydrogen-bond acceptors (Lipinski definition) is 1. The van der Waals surface area contributed by atoms with Crippen molar-refractivity contribution >= 4 is 0 Å². The Morgan fingerprint density at radius 3 is 2.17 bits per heavy atom. The highest BCUT2D eigenvalue weighted by Crippen LogP contribution is 2.48. The molecule has 0 bridgehead atoms. The molecule has 1 heteroatoms. The summed E-state index contributed by atoms with van der Waals surface area (Å²) in [7, 11) is 0. The summed E-state index contributed by atoms with van der Waals surface area (Å²) in [6.45, 7) is 6.68. The Labute approximate surface area is 111 Å². The minimum Gasteiger partial charge on any atom is -0.385 e. The van der Waals surface area contributed by atoms with Crippen molar-refractivity contribution in [2.24, 2.45) is 5.41 Å². The van der Waals surface area contributed by atoms with Crippen LogP contribution in [0.2, 0.25) is 0 Å². The first-order valence-electron chi connectivity index (χ1n) is 7.33. The predicted molar refractivity (Wildman–Crippen MR) is 76.6 cm³/mol. The average Bonchev–Trinajstić information content (AvgIpc) is 2.40. The van der Waals surface area contributed by atoms with E-state index in [9.17, 15) is 5.11 Å². The fourth-order valence-electron chi connectivity index (χ4n) is 3.37. The second-order valence-corrected chi connectivity index (χ2v) is 6.11. The lowest BCUT2D eigenvalue weighted by Gasteiger charge is -2.44. The normalized spacial score (nSPS) is 21.8. The summed E-state index contributed by atoms with van der Waals surface area (Å²) in [6, 6.07) is 8.38. The zero-order valence-electron chi connectivity index (χ0n) is 12.0. The van der Waals surface area contributed by atoms with E-state index in [-0.39, 0.29) is 0 Å². The number of rotatable bonds is 3. The van der Waals surface area contributed by atoms with Crippen LogP contribution in [0, 0.1) is 12.3 Å². The molecule has 2 rings (SSSR count). The van der Waals surface area contributed by atoms with Gasteiger partial charge in [0.25, 0.3) is 0 Å². The number of hydrogen-bond donors (Lipinski definition) is 1. The van der Waals surface area contributed by atoms with Gasteiger partial charge in [0.05, 0.1) is 5.60 Å². The van der Waals surface area contributed by atoms with Crippen molar-refractivity contribution in [3.05, 3.63) is 35.4 Å². The monoisotopic (exact) mass is 246 g/mol. The molecule has 0 atom stereocenters. The van der Waals surface area contributed by atoms with Crippen molar-refractivity contribution in [1.82, 2.24) is 0 Å². The molecule has 0 spiro atoms. The van der Waals surface area contributed by atoms with Gasteiger partial charge in [-0.25, -0.2) is 0 Å². The molecule has 1 aliphatic carbocycles. The molecular weight excluding hydrogens is 220 g/mol. The van der Waals surface area contributed by atoms with Crippen molar-refractivity contribution < 1.29 is 5.11 Å². The van der Waals surface area contributed by atoms with Gasteiger partial charge < -0.3 is 5.11 Å². The van der Waals surface area contributed by atoms with E-state index in [0.29, 0.717) is 5.41 Å². The van der Waals surface area contributed by atoms with Crippen LogP contribution in [0.25, 0.3) is 0 Å². The van der Waals surface area contributed by atoms with Gasteiger partial charge in [-0.05, 0) is 43.6 Å². The molecule has 100 valence electrons. The maximum absolute atomic E-state index is 10.9. The van der Waals surface area contributed by atoms with Gasteiger partial charge in [-0.2, -0.15) is 0 Å². The van der Waals surface area contributed by atoms with E-state index in [4.69, 9.17) is 0 Å². The van der Waals surface area contributed by atoms with Crippen LogP contribution in [0.1, 0.15) is 63.5 Å². The third-order valence-electron chi connectivity index (χ3n) is 5.19. The first-order valence-corrected chi connectivity index (χ1v) is 7.33. The van der Waals surface area contributed by atoms with Crippen molar-refractivity contribution in [3.63, 3.8) is 0 Å². The number of benzene rings is 1. The zero-order chi connectivity index (χ0) is 13.2. The summed E-state index contributed by atoms with van der Waals surface area (Å²) in [6.07, 6.45) is 6.63. The summed E-state index contributed by atoms with van der Waals surface area (Å²) in [5.41, 5.74) is 2.25. The fraction of sp³-hybridized carbons (Fsp3) is 0.647. The fourth-order valence-corrected chi connectivity index (χ4v) is 3.37. The highest BCUT2D eigenvalue weighted by molar-refractivity contribution is 5.28. The molecular formula is C17H26O. The van der Waals surface area contributed by atoms with E-state index in [1.165, 1.54) is 18.4 Å². The van der Waals surface area contributed by atoms with Crippen molar-refractivity contribution in [3.8, 4) is 0 Å². The Morgan fingerprint density at radius 2 is 1.67 bits per heavy atom. The van der Waals surface area contributed by atoms with Crippen LogP contribution in [0.3, 0.4) is 0 Å². The van der Waals surface area contributed by atoms with Crippen molar-refractivity contribution in [2.75, 3.05) is 0 Å². The Hall–Kier alpha value is -0.820. The standard InChI is InChI=1S/C17H26O/c1-4-16(5-2)9-11-17(18,12-10-16)15-8-6-7-14(3)13-15/h6-8,13,18H,4-5,9-12H2,1-3H3. The first-order chi connectivity index (χ1) is 8.53. The Bertz CT molecular complexity index is 394. The van der Waals surface area contributed by atoms with Gasteiger partial charge in [0.1, 0.15) is 0 Å². The van der Waals surface area contributed by atoms with E-state index in [1.807, 2.05) is 0 Å². The van der Waals surface area contributed by atoms with Gasteiger partial charge in [0.2, 0.25) is 0 Å². The van der Waals surface area contributed by atoms with Gasteiger partial charge >= 0.3 is 0 Å². The molecule has 1 aliphatic rings. The quantitative estimate of drug-likeness (QED) is 0.828. The largest absolute Gasteiger partial charge is 0.385 e. The van der Waals surface area contributed by atoms with E-state index in [0.717, 1.165) is 31.2 Å². The minimum absolute atomic E-state index is 0.482. The van der Waals surface area contributed by atoms with E-state index in [1.54, 1.807) is 0 Å². The zero-order valence-corrected chi connectivity index (χ0v) is 12.0. The lowest BCUT2D eigenvalue weighted by atomic mass is 9.64. The molecule has 1 fully saturated rings. The second-order valence-electron chi connectivity index (χ2n) is 6.11. The van der Waals surface area contributed by atoms with Crippen LogP contribution < -0.4 is 0 Å². The lowest BCUT2D eigenvalue weighted by Crippen LogP contribution is -2.36. The Morgan fingerprint density at radius 1 is 1.06 bits per heavy atom. The molecule has 0 saturated heterocycles. The smallest absolute Gasteiger partial charge is 0.0897 e. The van der Waals surface area contributed by atoms with Crippen LogP contribution in [0.4, 0.5) is 0 Å². The molecule has 1 aromatic carbocycles. The van der Waals surface area contributed by atoms with E-state index >= 15 is 0 Å². The van der Waals surface area contributed by atoms with Crippen molar-refractivity contribution in [1.29, 1.82) is 0 Å². The molecule has 0 unspecified atom stereocenters. The van der Waals surface area contributed by atoms with Crippen LogP contribution >= 0.6 is 0 Å². The van der Waals surface area contributed by atoms with Gasteiger partial charge in [-0.1, -0.05) is 56.5 Å². The Balaban J connectivity index is 2.16. The predicted octanol–water partition coefficient (Wildman–Crippen LogP) is 4.56. The molecule has 0 radical (unpaired) electrons. The van der Waals surface area contributed by atoms with Gasteiger partial charge in [-0.15, -0.1) is 0 Å². The van der Waals surface area contributed by atoms with E-state index in [2.05, 4.69) is 45.0 Å². The maximum Gasteiger partial charge on any atom is 0.0897 e. The molecule has 1 saturated carbocycles. The molecule has 0 heterocycles. The first kappa shape index (κ1) is 13.6. The van der Waals surface area contributed by atoms with E-state index < -0.39 is 5.60 Å². The van der Waals surface area contributed by atoms with Gasteiger partial charge in [0.15, 0.2) is 0 Å². The maximum atomic E-state index is 10.9. The number of aliphatic hydroxyl groups is 1. The van der Waals surface area contributed by atoms with Crippen LogP contribution in [0.15, 0.2) is 24.3 Å². The molecule has 18 heavy (non-hydrogen) atoms. The highest BCUT2D eigenvalue weighted by atomic mass is 16.3.